The van der Waals surface area contributed by atoms with E-state index in [0.717, 1.165) is 57.3 Å². The zero-order valence-electron chi connectivity index (χ0n) is 19.4. The van der Waals surface area contributed by atoms with E-state index in [1.807, 2.05) is 13.2 Å². The number of rotatable bonds is 7. The third-order valence-corrected chi connectivity index (χ3v) is 8.15. The minimum absolute atomic E-state index is 0.0113. The smallest absolute Gasteiger partial charge is 0.119 e. The van der Waals surface area contributed by atoms with Crippen molar-refractivity contribution in [3.05, 3.63) is 76.4 Å². The van der Waals surface area contributed by atoms with Crippen molar-refractivity contribution >= 4 is 7.85 Å². The Hall–Kier alpha value is -2.04. The molecule has 166 valence electrons. The molecule has 0 heterocycles. The summed E-state index contributed by atoms with van der Waals surface area (Å²) in [6, 6.07) is 17.1. The summed E-state index contributed by atoms with van der Waals surface area (Å²) in [5.74, 6) is 0.944. The molecule has 0 N–H and O–H groups in total. The van der Waals surface area contributed by atoms with E-state index in [1.165, 1.54) is 22.3 Å². The van der Waals surface area contributed by atoms with Crippen LogP contribution in [0.4, 0.5) is 0 Å². The predicted octanol–water partition coefficient (Wildman–Crippen LogP) is 5.71. The number of allylic oxidation sites excluding steroid dienone is 1. The van der Waals surface area contributed by atoms with Gasteiger partial charge in [-0.2, -0.15) is 0 Å². The van der Waals surface area contributed by atoms with Gasteiger partial charge >= 0.3 is 0 Å². The lowest BCUT2D eigenvalue weighted by Crippen LogP contribution is -2.40. The van der Waals surface area contributed by atoms with Crippen molar-refractivity contribution < 1.29 is 14.2 Å². The van der Waals surface area contributed by atoms with Crippen molar-refractivity contribution in [1.82, 2.24) is 0 Å². The highest BCUT2D eigenvalue weighted by molar-refractivity contribution is 6.18. The maximum absolute atomic E-state index is 7.00. The minimum Gasteiger partial charge on any atom is -0.497 e. The summed E-state index contributed by atoms with van der Waals surface area (Å²) >= 11 is 0. The Morgan fingerprint density at radius 3 is 2.62 bits per heavy atom. The fourth-order valence-corrected chi connectivity index (χ4v) is 6.49. The van der Waals surface area contributed by atoms with Gasteiger partial charge in [0, 0.05) is 19.1 Å². The van der Waals surface area contributed by atoms with Crippen molar-refractivity contribution in [3.8, 4) is 5.75 Å². The van der Waals surface area contributed by atoms with Crippen LogP contribution in [0.5, 0.6) is 5.75 Å². The second-order valence-corrected chi connectivity index (χ2v) is 9.77. The minimum atomic E-state index is -0.200. The van der Waals surface area contributed by atoms with Crippen LogP contribution in [0.2, 0.25) is 5.31 Å². The van der Waals surface area contributed by atoms with Crippen LogP contribution in [-0.2, 0) is 27.9 Å². The second kappa shape index (κ2) is 8.72. The van der Waals surface area contributed by atoms with Crippen molar-refractivity contribution in [2.45, 2.75) is 68.4 Å². The van der Waals surface area contributed by atoms with Crippen LogP contribution < -0.4 is 4.74 Å². The van der Waals surface area contributed by atoms with Gasteiger partial charge in [0.15, 0.2) is 0 Å². The summed E-state index contributed by atoms with van der Waals surface area (Å²) in [5.41, 5.74) is 7.16. The molecule has 3 atom stereocenters. The third-order valence-electron chi connectivity index (χ3n) is 8.15. The molecule has 1 fully saturated rings. The number of aryl methyl sites for hydroxylation is 1. The van der Waals surface area contributed by atoms with Crippen molar-refractivity contribution in [1.29, 1.82) is 0 Å². The van der Waals surface area contributed by atoms with Crippen LogP contribution in [-0.4, -0.2) is 34.8 Å². The summed E-state index contributed by atoms with van der Waals surface area (Å²) in [4.78, 5) is 0. The normalized spacial score (nSPS) is 28.8. The van der Waals surface area contributed by atoms with E-state index in [-0.39, 0.29) is 16.8 Å². The predicted molar refractivity (Wildman–Crippen MR) is 128 cm³/mol. The number of fused-ring (bicyclic) bond motifs is 4. The molecule has 0 saturated heterocycles. The maximum atomic E-state index is 7.00. The standard InChI is InChI=1S/C28H33BO3/c1-30-22-9-11-24-21(16-22)8-10-25-26-17-23(31-2)18-28(26,29)13-12-27(24,25)14-15-32-19-20-6-4-3-5-7-20/h3-7,9,11,16,23H,8,10,12-15,17-19H2,1-2H3/t23-,27?,28+/m0/s1. The van der Waals surface area contributed by atoms with E-state index < -0.39 is 0 Å². The highest BCUT2D eigenvalue weighted by atomic mass is 16.5. The van der Waals surface area contributed by atoms with E-state index in [2.05, 4.69) is 42.5 Å². The molecular weight excluding hydrogens is 395 g/mol. The molecule has 0 amide bonds. The van der Waals surface area contributed by atoms with Gasteiger partial charge in [-0.05, 0) is 72.7 Å². The van der Waals surface area contributed by atoms with Gasteiger partial charge in [0.2, 0.25) is 0 Å². The van der Waals surface area contributed by atoms with Crippen LogP contribution in [0.1, 0.15) is 55.2 Å². The molecule has 2 aromatic carbocycles. The Bertz CT molecular complexity index is 1000. The van der Waals surface area contributed by atoms with E-state index in [4.69, 9.17) is 22.1 Å². The van der Waals surface area contributed by atoms with Gasteiger partial charge in [0.05, 0.1) is 27.7 Å². The zero-order valence-corrected chi connectivity index (χ0v) is 19.4. The summed E-state index contributed by atoms with van der Waals surface area (Å²) in [6.07, 6.45) is 7.35. The zero-order chi connectivity index (χ0) is 22.2. The number of hydrogen-bond donors (Lipinski definition) is 0. The SMILES string of the molecule is [B][C@@]12CCC3(CCOCc4ccccc4)C(=C1C[C@H](OC)C2)CCc1cc(OC)ccc13. The van der Waals surface area contributed by atoms with E-state index in [9.17, 15) is 0 Å². The van der Waals surface area contributed by atoms with Gasteiger partial charge < -0.3 is 14.2 Å². The summed E-state index contributed by atoms with van der Waals surface area (Å²) in [5, 5.41) is -0.200. The fourth-order valence-electron chi connectivity index (χ4n) is 6.49. The molecular formula is C28H33BO3. The molecule has 3 aliphatic carbocycles. The Balaban J connectivity index is 1.48. The molecule has 0 aliphatic heterocycles. The molecule has 5 rings (SSSR count). The summed E-state index contributed by atoms with van der Waals surface area (Å²) < 4.78 is 17.5. The van der Waals surface area contributed by atoms with Gasteiger partial charge in [-0.15, -0.1) is 0 Å². The molecule has 3 aliphatic rings. The molecule has 0 spiro atoms. The van der Waals surface area contributed by atoms with Gasteiger partial charge in [-0.3, -0.25) is 0 Å². The molecule has 1 unspecified atom stereocenters. The lowest BCUT2D eigenvalue weighted by molar-refractivity contribution is 0.0990. The molecule has 3 nitrogen and oxygen atoms in total. The number of benzene rings is 2. The van der Waals surface area contributed by atoms with E-state index in [0.29, 0.717) is 6.61 Å². The first-order valence-corrected chi connectivity index (χ1v) is 11.9. The first kappa shape index (κ1) is 21.8. The third kappa shape index (κ3) is 3.72. The number of methoxy groups -OCH3 is 2. The largest absolute Gasteiger partial charge is 0.497 e. The topological polar surface area (TPSA) is 27.7 Å². The molecule has 2 aromatic rings. The first-order chi connectivity index (χ1) is 15.6. The number of ether oxygens (including phenoxy) is 3. The molecule has 0 bridgehead atoms. The monoisotopic (exact) mass is 428 g/mol. The molecule has 4 heteroatoms. The Morgan fingerprint density at radius 2 is 1.84 bits per heavy atom. The second-order valence-electron chi connectivity index (χ2n) is 9.77. The van der Waals surface area contributed by atoms with E-state index in [1.54, 1.807) is 12.7 Å². The van der Waals surface area contributed by atoms with Crippen molar-refractivity contribution in [2.24, 2.45) is 0 Å². The Labute approximate surface area is 193 Å². The lowest BCUT2D eigenvalue weighted by Gasteiger charge is -2.50. The molecule has 2 radical (unpaired) electrons. The Kier molecular flexibility index (Phi) is 5.94. The average Bonchev–Trinajstić information content (AvgIpc) is 3.19. The highest BCUT2D eigenvalue weighted by Crippen LogP contribution is 2.63. The van der Waals surface area contributed by atoms with Crippen molar-refractivity contribution in [3.63, 3.8) is 0 Å². The van der Waals surface area contributed by atoms with Gasteiger partial charge in [0.1, 0.15) is 5.75 Å². The molecule has 1 saturated carbocycles. The van der Waals surface area contributed by atoms with Gasteiger partial charge in [-0.1, -0.05) is 54.0 Å². The average molecular weight is 428 g/mol. The van der Waals surface area contributed by atoms with Gasteiger partial charge in [0.25, 0.3) is 0 Å². The fraction of sp³-hybridized carbons (Fsp3) is 0.500. The first-order valence-electron chi connectivity index (χ1n) is 11.9. The van der Waals surface area contributed by atoms with Crippen LogP contribution in [0.3, 0.4) is 0 Å². The van der Waals surface area contributed by atoms with Gasteiger partial charge in [-0.25, -0.2) is 0 Å². The number of hydrogen-bond acceptors (Lipinski definition) is 3. The summed E-state index contributed by atoms with van der Waals surface area (Å²) in [6.45, 7) is 1.40. The summed E-state index contributed by atoms with van der Waals surface area (Å²) in [7, 11) is 10.6. The molecule has 32 heavy (non-hydrogen) atoms. The molecule has 0 aromatic heterocycles. The van der Waals surface area contributed by atoms with Crippen LogP contribution in [0.15, 0.2) is 59.7 Å². The quantitative estimate of drug-likeness (QED) is 0.321. The highest BCUT2D eigenvalue weighted by Gasteiger charge is 2.51. The lowest BCUT2D eigenvalue weighted by atomic mass is 9.49. The van der Waals surface area contributed by atoms with E-state index >= 15 is 0 Å². The maximum Gasteiger partial charge on any atom is 0.119 e. The van der Waals surface area contributed by atoms with Crippen LogP contribution in [0, 0.1) is 0 Å². The Morgan fingerprint density at radius 1 is 1.00 bits per heavy atom. The van der Waals surface area contributed by atoms with Crippen LogP contribution >= 0.6 is 0 Å². The van der Waals surface area contributed by atoms with Crippen molar-refractivity contribution in [2.75, 3.05) is 20.8 Å². The van der Waals surface area contributed by atoms with Crippen LogP contribution in [0.25, 0.3) is 0 Å².